The molecule has 102 valence electrons. The Morgan fingerprint density at radius 3 is 2.57 bits per heavy atom. The fourth-order valence-electron chi connectivity index (χ4n) is 2.36. The van der Waals surface area contributed by atoms with Gasteiger partial charge in [0.15, 0.2) is 5.13 Å². The van der Waals surface area contributed by atoms with Gasteiger partial charge in [0.25, 0.3) is 5.56 Å². The summed E-state index contributed by atoms with van der Waals surface area (Å²) in [7, 11) is 0. The number of benzene rings is 2. The molecule has 5 nitrogen and oxygen atoms in total. The fourth-order valence-corrected chi connectivity index (χ4v) is 3.23. The van der Waals surface area contributed by atoms with Crippen LogP contribution in [-0.2, 0) is 0 Å². The number of rotatable bonds is 1. The summed E-state index contributed by atoms with van der Waals surface area (Å²) < 4.78 is 0.776. The zero-order valence-electron chi connectivity index (χ0n) is 10.8. The van der Waals surface area contributed by atoms with E-state index in [-0.39, 0.29) is 5.56 Å². The lowest BCUT2D eigenvalue weighted by Crippen LogP contribution is -2.09. The van der Waals surface area contributed by atoms with Crippen LogP contribution in [0.3, 0.4) is 0 Å². The summed E-state index contributed by atoms with van der Waals surface area (Å²) in [6.07, 6.45) is 0. The predicted octanol–water partition coefficient (Wildman–Crippen LogP) is 2.78. The topological polar surface area (TPSA) is 84.7 Å². The molecule has 0 unspecified atom stereocenters. The van der Waals surface area contributed by atoms with Gasteiger partial charge in [-0.25, -0.2) is 9.97 Å². The number of hydrogen-bond donors (Lipinski definition) is 2. The number of aromatic nitrogens is 3. The van der Waals surface area contributed by atoms with Crippen LogP contribution in [0, 0.1) is 0 Å². The molecule has 0 amide bonds. The molecular formula is C15H10N4OS. The van der Waals surface area contributed by atoms with Gasteiger partial charge in [-0.2, -0.15) is 0 Å². The molecule has 2 heterocycles. The number of anilines is 1. The average Bonchev–Trinajstić information content (AvgIpc) is 2.88. The second kappa shape index (κ2) is 4.39. The van der Waals surface area contributed by atoms with Gasteiger partial charge in [0.1, 0.15) is 5.82 Å². The normalized spacial score (nSPS) is 11.2. The van der Waals surface area contributed by atoms with E-state index < -0.39 is 0 Å². The van der Waals surface area contributed by atoms with Crippen LogP contribution < -0.4 is 11.3 Å². The van der Waals surface area contributed by atoms with Crippen LogP contribution in [0.1, 0.15) is 0 Å². The van der Waals surface area contributed by atoms with Crippen molar-refractivity contribution in [2.24, 2.45) is 0 Å². The van der Waals surface area contributed by atoms with Gasteiger partial charge in [0.05, 0.1) is 21.1 Å². The smallest absolute Gasteiger partial charge is 0.260 e. The van der Waals surface area contributed by atoms with Gasteiger partial charge in [0, 0.05) is 5.56 Å². The third-order valence-corrected chi connectivity index (χ3v) is 4.21. The Labute approximate surface area is 123 Å². The highest BCUT2D eigenvalue weighted by Gasteiger charge is 2.12. The summed E-state index contributed by atoms with van der Waals surface area (Å²) >= 11 is 1.30. The molecule has 0 bridgehead atoms. The summed E-state index contributed by atoms with van der Waals surface area (Å²) in [5.74, 6) is 0.560. The molecule has 0 saturated carbocycles. The van der Waals surface area contributed by atoms with Crippen molar-refractivity contribution in [2.45, 2.75) is 0 Å². The van der Waals surface area contributed by atoms with Crippen LogP contribution >= 0.6 is 11.3 Å². The van der Waals surface area contributed by atoms with Crippen molar-refractivity contribution in [3.05, 3.63) is 52.8 Å². The second-order valence-corrected chi connectivity index (χ2v) is 5.67. The third kappa shape index (κ3) is 1.88. The SMILES string of the molecule is Nc1nc2ccc3nc(-c4ccccc4)[nH]c(=O)c3c2s1. The molecule has 21 heavy (non-hydrogen) atoms. The van der Waals surface area contributed by atoms with Crippen molar-refractivity contribution in [2.75, 3.05) is 5.73 Å². The molecule has 0 radical (unpaired) electrons. The molecule has 0 spiro atoms. The van der Waals surface area contributed by atoms with Crippen LogP contribution in [0.2, 0.25) is 0 Å². The van der Waals surface area contributed by atoms with E-state index in [2.05, 4.69) is 15.0 Å². The Kier molecular flexibility index (Phi) is 2.52. The number of nitrogens with zero attached hydrogens (tertiary/aromatic N) is 2. The first-order valence-electron chi connectivity index (χ1n) is 6.37. The monoisotopic (exact) mass is 294 g/mol. The molecule has 4 aromatic rings. The quantitative estimate of drug-likeness (QED) is 0.565. The third-order valence-electron chi connectivity index (χ3n) is 3.29. The predicted molar refractivity (Wildman–Crippen MR) is 85.4 cm³/mol. The van der Waals surface area contributed by atoms with Crippen molar-refractivity contribution < 1.29 is 0 Å². The van der Waals surface area contributed by atoms with E-state index in [1.807, 2.05) is 36.4 Å². The fraction of sp³-hybridized carbons (Fsp3) is 0. The van der Waals surface area contributed by atoms with Crippen LogP contribution in [0.15, 0.2) is 47.3 Å². The number of fused-ring (bicyclic) bond motifs is 3. The molecular weight excluding hydrogens is 284 g/mol. The molecule has 2 aromatic carbocycles. The molecule has 6 heteroatoms. The molecule has 0 aliphatic carbocycles. The Bertz CT molecular complexity index is 1020. The van der Waals surface area contributed by atoms with E-state index in [4.69, 9.17) is 5.73 Å². The first-order chi connectivity index (χ1) is 10.2. The van der Waals surface area contributed by atoms with E-state index in [9.17, 15) is 4.79 Å². The number of nitrogen functional groups attached to an aromatic ring is 1. The van der Waals surface area contributed by atoms with Crippen molar-refractivity contribution in [1.29, 1.82) is 0 Å². The van der Waals surface area contributed by atoms with Gasteiger partial charge >= 0.3 is 0 Å². The van der Waals surface area contributed by atoms with Crippen molar-refractivity contribution in [3.8, 4) is 11.4 Å². The highest BCUT2D eigenvalue weighted by atomic mass is 32.1. The van der Waals surface area contributed by atoms with Crippen molar-refractivity contribution in [1.82, 2.24) is 15.0 Å². The maximum atomic E-state index is 12.4. The molecule has 0 saturated heterocycles. The zero-order valence-corrected chi connectivity index (χ0v) is 11.6. The minimum atomic E-state index is -0.173. The lowest BCUT2D eigenvalue weighted by molar-refractivity contribution is 1.18. The van der Waals surface area contributed by atoms with Gasteiger partial charge in [-0.05, 0) is 12.1 Å². The van der Waals surface area contributed by atoms with E-state index in [0.717, 1.165) is 15.8 Å². The van der Waals surface area contributed by atoms with E-state index >= 15 is 0 Å². The largest absolute Gasteiger partial charge is 0.375 e. The molecule has 3 N–H and O–H groups in total. The molecule has 2 aromatic heterocycles. The second-order valence-electron chi connectivity index (χ2n) is 4.64. The van der Waals surface area contributed by atoms with Gasteiger partial charge < -0.3 is 10.7 Å². The molecule has 4 rings (SSSR count). The lowest BCUT2D eigenvalue weighted by Gasteiger charge is -2.03. The van der Waals surface area contributed by atoms with E-state index in [0.29, 0.717) is 21.9 Å². The number of nitrogens with two attached hydrogens (primary N) is 1. The first kappa shape index (κ1) is 12.0. The summed E-state index contributed by atoms with van der Waals surface area (Å²) in [6.45, 7) is 0. The highest BCUT2D eigenvalue weighted by Crippen LogP contribution is 2.29. The highest BCUT2D eigenvalue weighted by molar-refractivity contribution is 7.22. The molecule has 0 aliphatic rings. The van der Waals surface area contributed by atoms with Crippen LogP contribution in [0.25, 0.3) is 32.5 Å². The Hall–Kier alpha value is -2.73. The van der Waals surface area contributed by atoms with Crippen LogP contribution in [-0.4, -0.2) is 15.0 Å². The van der Waals surface area contributed by atoms with Crippen molar-refractivity contribution >= 4 is 37.6 Å². The summed E-state index contributed by atoms with van der Waals surface area (Å²) in [5.41, 5.74) is 7.80. The van der Waals surface area contributed by atoms with Gasteiger partial charge in [0.2, 0.25) is 0 Å². The Balaban J connectivity index is 2.08. The van der Waals surface area contributed by atoms with Gasteiger partial charge in [-0.1, -0.05) is 41.7 Å². The summed E-state index contributed by atoms with van der Waals surface area (Å²) in [5, 5.41) is 0.991. The molecule has 0 aliphatic heterocycles. The number of nitrogens with one attached hydrogen (secondary N) is 1. The maximum Gasteiger partial charge on any atom is 0.260 e. The van der Waals surface area contributed by atoms with E-state index in [1.54, 1.807) is 6.07 Å². The summed E-state index contributed by atoms with van der Waals surface area (Å²) in [4.78, 5) is 24.0. The molecule has 0 fully saturated rings. The zero-order chi connectivity index (χ0) is 14.4. The standard InChI is InChI=1S/C15H10N4OS/c16-15-18-10-7-6-9-11(12(10)21-15)14(20)19-13(17-9)8-4-2-1-3-5-8/h1-7H,(H2,16,18)(H,17,19,20). The minimum absolute atomic E-state index is 0.173. The Morgan fingerprint density at radius 2 is 1.76 bits per heavy atom. The van der Waals surface area contributed by atoms with Crippen LogP contribution in [0.5, 0.6) is 0 Å². The summed E-state index contributed by atoms with van der Waals surface area (Å²) in [6, 6.07) is 13.2. The van der Waals surface area contributed by atoms with E-state index in [1.165, 1.54) is 11.3 Å². The minimum Gasteiger partial charge on any atom is -0.375 e. The number of aromatic amines is 1. The lowest BCUT2D eigenvalue weighted by atomic mass is 10.2. The average molecular weight is 294 g/mol. The number of thiazole rings is 1. The number of hydrogen-bond acceptors (Lipinski definition) is 5. The van der Waals surface area contributed by atoms with Gasteiger partial charge in [-0.15, -0.1) is 0 Å². The number of H-pyrrole nitrogens is 1. The van der Waals surface area contributed by atoms with Crippen LogP contribution in [0.4, 0.5) is 5.13 Å². The molecule has 0 atom stereocenters. The maximum absolute atomic E-state index is 12.4. The van der Waals surface area contributed by atoms with Crippen molar-refractivity contribution in [3.63, 3.8) is 0 Å². The van der Waals surface area contributed by atoms with Gasteiger partial charge in [-0.3, -0.25) is 4.79 Å². The Morgan fingerprint density at radius 1 is 1.00 bits per heavy atom. The first-order valence-corrected chi connectivity index (χ1v) is 7.18.